The molecule has 1 aliphatic rings. The minimum absolute atomic E-state index is 1.04. The molecule has 1 heterocycles. The summed E-state index contributed by atoms with van der Waals surface area (Å²) in [6.45, 7) is 0. The van der Waals surface area contributed by atoms with E-state index in [2.05, 4.69) is 5.43 Å². The molecule has 0 bridgehead atoms. The van der Waals surface area contributed by atoms with Gasteiger partial charge in [-0.2, -0.15) is 5.43 Å². The maximum Gasteiger partial charge on any atom is 0.176 e. The van der Waals surface area contributed by atoms with Gasteiger partial charge in [0.15, 0.2) is 6.21 Å². The highest BCUT2D eigenvalue weighted by Crippen LogP contribution is 2.17. The molecule has 1 aliphatic heterocycles. The summed E-state index contributed by atoms with van der Waals surface area (Å²) >= 11 is 4.97. The van der Waals surface area contributed by atoms with Crippen molar-refractivity contribution in [1.82, 2.24) is 0 Å². The maximum atomic E-state index is 4.97. The molecule has 0 saturated carbocycles. The first-order valence-corrected chi connectivity index (χ1v) is 4.06. The van der Waals surface area contributed by atoms with Gasteiger partial charge in [0.1, 0.15) is 5.69 Å². The minimum Gasteiger partial charge on any atom is -0.396 e. The fourth-order valence-electron chi connectivity index (χ4n) is 1.13. The summed E-state index contributed by atoms with van der Waals surface area (Å²) in [5, 5.41) is 0. The van der Waals surface area contributed by atoms with Crippen molar-refractivity contribution in [2.75, 3.05) is 5.43 Å². The fraction of sp³-hybridized carbons (Fsp3) is 0. The van der Waals surface area contributed by atoms with Crippen LogP contribution in [0.2, 0.25) is 0 Å². The van der Waals surface area contributed by atoms with Gasteiger partial charge in [-0.15, -0.1) is 0 Å². The summed E-state index contributed by atoms with van der Waals surface area (Å²) in [6.07, 6.45) is 5.75. The molecule has 0 spiro atoms. The van der Waals surface area contributed by atoms with Gasteiger partial charge in [-0.25, -0.2) is 4.09 Å². The number of nitrogens with zero attached hydrogens (tertiary/aromatic N) is 1. The van der Waals surface area contributed by atoms with Crippen molar-refractivity contribution < 1.29 is 4.09 Å². The summed E-state index contributed by atoms with van der Waals surface area (Å²) in [6, 6.07) is 8.03. The van der Waals surface area contributed by atoms with Crippen molar-refractivity contribution >= 4 is 30.8 Å². The Kier molecular flexibility index (Phi) is 1.80. The lowest BCUT2D eigenvalue weighted by Gasteiger charge is -2.06. The zero-order valence-electron chi connectivity index (χ0n) is 6.40. The van der Waals surface area contributed by atoms with Crippen molar-refractivity contribution in [2.45, 2.75) is 0 Å². The maximum absolute atomic E-state index is 4.97. The van der Waals surface area contributed by atoms with Crippen molar-refractivity contribution in [1.29, 1.82) is 0 Å². The number of para-hydroxylation sites is 1. The van der Waals surface area contributed by atoms with E-state index in [1.54, 1.807) is 6.21 Å². The number of nitrogens with one attached hydrogen (secondary N) is 1. The SMILES string of the molecule is [S-][N+]1=CC=Cc2ccccc2N1. The molecular formula is C9H8N2S. The molecule has 1 N–H and O–H groups in total. The molecule has 0 amide bonds. The van der Waals surface area contributed by atoms with Crippen LogP contribution >= 0.6 is 0 Å². The number of allylic oxidation sites excluding steroid dienone is 1. The van der Waals surface area contributed by atoms with Crippen molar-refractivity contribution in [3.8, 4) is 0 Å². The lowest BCUT2D eigenvalue weighted by Crippen LogP contribution is -2.11. The van der Waals surface area contributed by atoms with Crippen LogP contribution in [-0.2, 0) is 12.8 Å². The predicted octanol–water partition coefficient (Wildman–Crippen LogP) is 1.59. The third kappa shape index (κ3) is 1.31. The molecular weight excluding hydrogens is 168 g/mol. The van der Waals surface area contributed by atoms with Gasteiger partial charge in [-0.3, -0.25) is 0 Å². The topological polar surface area (TPSA) is 15.0 Å². The highest BCUT2D eigenvalue weighted by atomic mass is 32.1. The zero-order chi connectivity index (χ0) is 8.39. The zero-order valence-corrected chi connectivity index (χ0v) is 7.21. The third-order valence-electron chi connectivity index (χ3n) is 1.69. The summed E-state index contributed by atoms with van der Waals surface area (Å²) in [5.41, 5.74) is 5.25. The van der Waals surface area contributed by atoms with Gasteiger partial charge in [0.05, 0.1) is 0 Å². The molecule has 60 valence electrons. The fourth-order valence-corrected chi connectivity index (χ4v) is 1.29. The predicted molar refractivity (Wildman–Crippen MR) is 52.8 cm³/mol. The van der Waals surface area contributed by atoms with Gasteiger partial charge in [0.2, 0.25) is 0 Å². The Morgan fingerprint density at radius 1 is 1.25 bits per heavy atom. The molecule has 2 rings (SSSR count). The average molecular weight is 176 g/mol. The van der Waals surface area contributed by atoms with Gasteiger partial charge in [-0.05, 0) is 12.1 Å². The number of hydrazine groups is 1. The van der Waals surface area contributed by atoms with Crippen molar-refractivity contribution in [3.05, 3.63) is 35.9 Å². The highest BCUT2D eigenvalue weighted by Gasteiger charge is 2.01. The smallest absolute Gasteiger partial charge is 0.176 e. The number of benzene rings is 1. The van der Waals surface area contributed by atoms with E-state index < -0.39 is 0 Å². The molecule has 2 nitrogen and oxygen atoms in total. The van der Waals surface area contributed by atoms with Crippen LogP contribution in [0.1, 0.15) is 5.56 Å². The van der Waals surface area contributed by atoms with E-state index in [9.17, 15) is 0 Å². The van der Waals surface area contributed by atoms with Crippen LogP contribution in [0.25, 0.3) is 6.08 Å². The van der Waals surface area contributed by atoms with Gasteiger partial charge in [-0.1, -0.05) is 18.2 Å². The Morgan fingerprint density at radius 2 is 2.08 bits per heavy atom. The van der Waals surface area contributed by atoms with E-state index in [-0.39, 0.29) is 0 Å². The molecule has 0 fully saturated rings. The molecule has 0 unspecified atom stereocenters. The summed E-state index contributed by atoms with van der Waals surface area (Å²) < 4.78 is 1.52. The number of rotatable bonds is 0. The second kappa shape index (κ2) is 2.95. The molecule has 0 radical (unpaired) electrons. The van der Waals surface area contributed by atoms with Gasteiger partial charge in [0.25, 0.3) is 0 Å². The Morgan fingerprint density at radius 3 is 3.00 bits per heavy atom. The van der Waals surface area contributed by atoms with Crippen LogP contribution in [-0.4, -0.2) is 10.3 Å². The summed E-state index contributed by atoms with van der Waals surface area (Å²) in [4.78, 5) is 0. The summed E-state index contributed by atoms with van der Waals surface area (Å²) in [5.74, 6) is 0. The standard InChI is InChI=1S/C9H8N2S/c12-11-7-3-5-8-4-1-2-6-9(8)10-11/h1-7,10H. The lowest BCUT2D eigenvalue weighted by molar-refractivity contribution is -0.297. The Balaban J connectivity index is 2.49. The molecule has 12 heavy (non-hydrogen) atoms. The van der Waals surface area contributed by atoms with Gasteiger partial charge in [0, 0.05) is 11.6 Å². The Hall–Kier alpha value is -1.35. The number of hydrogen-bond donors (Lipinski definition) is 1. The molecule has 0 aliphatic carbocycles. The van der Waals surface area contributed by atoms with E-state index in [4.69, 9.17) is 12.8 Å². The van der Waals surface area contributed by atoms with Crippen molar-refractivity contribution in [2.24, 2.45) is 0 Å². The first kappa shape index (κ1) is 7.31. The number of fused-ring (bicyclic) bond motifs is 1. The first-order valence-electron chi connectivity index (χ1n) is 3.70. The Labute approximate surface area is 76.7 Å². The van der Waals surface area contributed by atoms with Crippen LogP contribution in [0.15, 0.2) is 30.3 Å². The van der Waals surface area contributed by atoms with Crippen LogP contribution < -0.4 is 5.43 Å². The van der Waals surface area contributed by atoms with Crippen LogP contribution in [0.4, 0.5) is 5.69 Å². The summed E-state index contributed by atoms with van der Waals surface area (Å²) in [7, 11) is 0. The number of anilines is 1. The minimum atomic E-state index is 1.04. The van der Waals surface area contributed by atoms with Crippen LogP contribution in [0, 0.1) is 0 Å². The lowest BCUT2D eigenvalue weighted by atomic mass is 10.2. The average Bonchev–Trinajstić information content (AvgIpc) is 2.25. The number of hydrazone groups is 1. The quantitative estimate of drug-likeness (QED) is 0.477. The second-order valence-corrected chi connectivity index (χ2v) is 2.93. The van der Waals surface area contributed by atoms with E-state index >= 15 is 0 Å². The monoisotopic (exact) mass is 176 g/mol. The van der Waals surface area contributed by atoms with Crippen LogP contribution in [0.3, 0.4) is 0 Å². The van der Waals surface area contributed by atoms with E-state index in [1.807, 2.05) is 36.4 Å². The second-order valence-electron chi connectivity index (χ2n) is 2.53. The molecule has 1 aromatic rings. The third-order valence-corrected chi connectivity index (χ3v) is 1.90. The molecule has 3 heteroatoms. The van der Waals surface area contributed by atoms with Gasteiger partial charge < -0.3 is 12.8 Å². The molecule has 0 saturated heterocycles. The van der Waals surface area contributed by atoms with Gasteiger partial charge >= 0.3 is 0 Å². The van der Waals surface area contributed by atoms with E-state index in [1.165, 1.54) is 4.09 Å². The van der Waals surface area contributed by atoms with Crippen molar-refractivity contribution in [3.63, 3.8) is 0 Å². The molecule has 0 atom stereocenters. The first-order chi connectivity index (χ1) is 5.86. The highest BCUT2D eigenvalue weighted by molar-refractivity contribution is 7.51. The normalized spacial score (nSPS) is 14.2. The van der Waals surface area contributed by atoms with E-state index in [0.717, 1.165) is 11.3 Å². The van der Waals surface area contributed by atoms with Crippen LogP contribution in [0.5, 0.6) is 0 Å². The molecule has 1 aromatic carbocycles. The van der Waals surface area contributed by atoms with E-state index in [0.29, 0.717) is 0 Å². The Bertz CT molecular complexity index is 355. The molecule has 0 aromatic heterocycles. The number of hydrogen-bond acceptors (Lipinski definition) is 2. The largest absolute Gasteiger partial charge is 0.396 e.